The molecule has 10 aromatic carbocycles. The highest BCUT2D eigenvalue weighted by Gasteiger charge is 2.18. The average Bonchev–Trinajstić information content (AvgIpc) is 3.86. The van der Waals surface area contributed by atoms with E-state index < -0.39 is 0 Å². The number of aromatic nitrogens is 2. The van der Waals surface area contributed by atoms with Crippen LogP contribution in [0.3, 0.4) is 0 Å². The van der Waals surface area contributed by atoms with E-state index in [1.54, 1.807) is 0 Å². The molecule has 0 bridgehead atoms. The van der Waals surface area contributed by atoms with E-state index >= 15 is 0 Å². The third-order valence-corrected chi connectivity index (χ3v) is 12.5. The van der Waals surface area contributed by atoms with E-state index in [4.69, 9.17) is 0 Å². The van der Waals surface area contributed by atoms with Gasteiger partial charge in [0, 0.05) is 32.9 Å². The Bertz CT molecular complexity index is 3600. The molecular formula is C60H40N2. The predicted octanol–water partition coefficient (Wildman–Crippen LogP) is 16.2. The monoisotopic (exact) mass is 788 g/mol. The molecule has 0 fully saturated rings. The maximum atomic E-state index is 2.44. The van der Waals surface area contributed by atoms with Crippen molar-refractivity contribution in [2.24, 2.45) is 0 Å². The van der Waals surface area contributed by atoms with E-state index in [2.05, 4.69) is 252 Å². The number of hydrogen-bond acceptors (Lipinski definition) is 0. The normalized spacial score (nSPS) is 11.5. The maximum absolute atomic E-state index is 2.44. The lowest BCUT2D eigenvalue weighted by Gasteiger charge is -2.13. The second kappa shape index (κ2) is 14.8. The topological polar surface area (TPSA) is 9.86 Å². The molecule has 0 aliphatic rings. The highest BCUT2D eigenvalue weighted by molar-refractivity contribution is 6.13. The Hall–Kier alpha value is -8.20. The van der Waals surface area contributed by atoms with E-state index in [9.17, 15) is 0 Å². The molecule has 0 amide bonds. The van der Waals surface area contributed by atoms with Gasteiger partial charge in [0.05, 0.1) is 22.1 Å². The van der Waals surface area contributed by atoms with E-state index in [1.807, 2.05) is 0 Å². The fraction of sp³-hybridized carbons (Fsp3) is 0. The van der Waals surface area contributed by atoms with Crippen LogP contribution in [-0.4, -0.2) is 9.13 Å². The lowest BCUT2D eigenvalue weighted by molar-refractivity contribution is 1.18. The zero-order valence-corrected chi connectivity index (χ0v) is 34.0. The Balaban J connectivity index is 1.02. The van der Waals surface area contributed by atoms with Crippen molar-refractivity contribution >= 4 is 43.6 Å². The highest BCUT2D eigenvalue weighted by atomic mass is 15.0. The molecule has 2 nitrogen and oxygen atoms in total. The van der Waals surface area contributed by atoms with Crippen molar-refractivity contribution in [3.8, 4) is 67.0 Å². The molecule has 0 aliphatic heterocycles. The molecule has 2 aromatic heterocycles. The first-order valence-corrected chi connectivity index (χ1v) is 21.3. The molecule has 0 saturated heterocycles. The number of fused-ring (bicyclic) bond motifs is 6. The minimum Gasteiger partial charge on any atom is -0.309 e. The van der Waals surface area contributed by atoms with Crippen LogP contribution in [0.1, 0.15) is 0 Å². The van der Waals surface area contributed by atoms with E-state index in [0.29, 0.717) is 0 Å². The summed E-state index contributed by atoms with van der Waals surface area (Å²) >= 11 is 0. The Morgan fingerprint density at radius 2 is 0.629 bits per heavy atom. The third-order valence-electron chi connectivity index (χ3n) is 12.5. The zero-order valence-electron chi connectivity index (χ0n) is 34.0. The van der Waals surface area contributed by atoms with E-state index in [0.717, 1.165) is 11.4 Å². The molecule has 0 unspecified atom stereocenters. The maximum Gasteiger partial charge on any atom is 0.0547 e. The summed E-state index contributed by atoms with van der Waals surface area (Å²) in [5, 5.41) is 4.94. The van der Waals surface area contributed by atoms with Crippen LogP contribution in [0.2, 0.25) is 0 Å². The number of para-hydroxylation sites is 1. The molecule has 0 saturated carbocycles. The summed E-state index contributed by atoms with van der Waals surface area (Å²) in [7, 11) is 0. The average molecular weight is 789 g/mol. The summed E-state index contributed by atoms with van der Waals surface area (Å²) in [5.74, 6) is 0. The lowest BCUT2D eigenvalue weighted by atomic mass is 9.94. The van der Waals surface area contributed by atoms with Crippen LogP contribution >= 0.6 is 0 Å². The standard InChI is InChI=1S/C60H40N2/c1-4-15-41(16-5-1)43-27-32-49(33-28-43)61-58-35-30-47(39-56(58)54-34-29-48(40-60(54)61)52-24-11-10-23-51(52)44-19-8-3-9-20-44)46-31-36-59-55(38-46)53-25-12-13-26-57(53)62(59)50-22-14-21-45(37-50)42-17-6-2-7-18-42/h1-40H. The van der Waals surface area contributed by atoms with Crippen LogP contribution in [0.25, 0.3) is 111 Å². The van der Waals surface area contributed by atoms with Crippen LogP contribution in [-0.2, 0) is 0 Å². The smallest absolute Gasteiger partial charge is 0.0547 e. The Morgan fingerprint density at radius 3 is 1.29 bits per heavy atom. The Labute approximate surface area is 360 Å². The van der Waals surface area contributed by atoms with Gasteiger partial charge < -0.3 is 9.13 Å². The Kier molecular flexibility index (Phi) is 8.53. The van der Waals surface area contributed by atoms with Crippen molar-refractivity contribution in [3.63, 3.8) is 0 Å². The Morgan fingerprint density at radius 1 is 0.194 bits per heavy atom. The minimum atomic E-state index is 1.14. The fourth-order valence-corrected chi connectivity index (χ4v) is 9.57. The first kappa shape index (κ1) is 35.7. The number of nitrogens with zero attached hydrogens (tertiary/aromatic N) is 2. The van der Waals surface area contributed by atoms with Crippen LogP contribution in [0.15, 0.2) is 243 Å². The van der Waals surface area contributed by atoms with Gasteiger partial charge in [0.2, 0.25) is 0 Å². The van der Waals surface area contributed by atoms with Gasteiger partial charge >= 0.3 is 0 Å². The van der Waals surface area contributed by atoms with Gasteiger partial charge in [-0.15, -0.1) is 0 Å². The summed E-state index contributed by atoms with van der Waals surface area (Å²) in [6.45, 7) is 0. The highest BCUT2D eigenvalue weighted by Crippen LogP contribution is 2.41. The van der Waals surface area contributed by atoms with Gasteiger partial charge in [0.1, 0.15) is 0 Å². The molecule has 0 radical (unpaired) electrons. The molecule has 12 rings (SSSR count). The van der Waals surface area contributed by atoms with Crippen molar-refractivity contribution < 1.29 is 0 Å². The van der Waals surface area contributed by atoms with Crippen LogP contribution in [0, 0.1) is 0 Å². The molecule has 290 valence electrons. The number of benzene rings is 10. The first-order valence-electron chi connectivity index (χ1n) is 21.3. The van der Waals surface area contributed by atoms with E-state index in [-0.39, 0.29) is 0 Å². The van der Waals surface area contributed by atoms with Crippen LogP contribution in [0.4, 0.5) is 0 Å². The van der Waals surface area contributed by atoms with Gasteiger partial charge in [-0.05, 0) is 116 Å². The summed E-state index contributed by atoms with van der Waals surface area (Å²) in [6.07, 6.45) is 0. The molecule has 2 heteroatoms. The summed E-state index contributed by atoms with van der Waals surface area (Å²) in [5.41, 5.74) is 19.1. The van der Waals surface area contributed by atoms with Gasteiger partial charge in [0.15, 0.2) is 0 Å². The van der Waals surface area contributed by atoms with Gasteiger partial charge in [-0.2, -0.15) is 0 Å². The molecular weight excluding hydrogens is 749 g/mol. The second-order valence-corrected chi connectivity index (χ2v) is 16.1. The molecule has 0 aliphatic carbocycles. The van der Waals surface area contributed by atoms with Crippen molar-refractivity contribution in [2.45, 2.75) is 0 Å². The van der Waals surface area contributed by atoms with E-state index in [1.165, 1.54) is 99.2 Å². The first-order chi connectivity index (χ1) is 30.7. The largest absolute Gasteiger partial charge is 0.309 e. The number of hydrogen-bond donors (Lipinski definition) is 0. The zero-order chi connectivity index (χ0) is 41.0. The molecule has 0 atom stereocenters. The molecule has 62 heavy (non-hydrogen) atoms. The van der Waals surface area contributed by atoms with Crippen molar-refractivity contribution in [2.75, 3.05) is 0 Å². The second-order valence-electron chi connectivity index (χ2n) is 16.1. The van der Waals surface area contributed by atoms with Crippen molar-refractivity contribution in [3.05, 3.63) is 243 Å². The number of rotatable bonds is 7. The minimum absolute atomic E-state index is 1.14. The van der Waals surface area contributed by atoms with Crippen molar-refractivity contribution in [1.29, 1.82) is 0 Å². The predicted molar refractivity (Wildman–Crippen MR) is 262 cm³/mol. The van der Waals surface area contributed by atoms with Crippen LogP contribution in [0.5, 0.6) is 0 Å². The SMILES string of the molecule is c1ccc(-c2ccc(-n3c4ccc(-c5ccc6c(c5)c5ccccc5n6-c5cccc(-c6ccccc6)c5)cc4c4ccc(-c5ccccc5-c5ccccc5)cc43)cc2)cc1. The lowest BCUT2D eigenvalue weighted by Crippen LogP contribution is -1.94. The summed E-state index contributed by atoms with van der Waals surface area (Å²) < 4.78 is 4.85. The summed E-state index contributed by atoms with van der Waals surface area (Å²) in [4.78, 5) is 0. The quantitative estimate of drug-likeness (QED) is 0.152. The third kappa shape index (κ3) is 6.04. The van der Waals surface area contributed by atoms with Gasteiger partial charge in [-0.25, -0.2) is 0 Å². The van der Waals surface area contributed by atoms with Crippen LogP contribution < -0.4 is 0 Å². The van der Waals surface area contributed by atoms with Crippen molar-refractivity contribution in [1.82, 2.24) is 9.13 Å². The van der Waals surface area contributed by atoms with Gasteiger partial charge in [-0.1, -0.05) is 182 Å². The fourth-order valence-electron chi connectivity index (χ4n) is 9.57. The molecule has 2 heterocycles. The van der Waals surface area contributed by atoms with Gasteiger partial charge in [0.25, 0.3) is 0 Å². The van der Waals surface area contributed by atoms with Gasteiger partial charge in [-0.3, -0.25) is 0 Å². The molecule has 0 N–H and O–H groups in total. The molecule has 0 spiro atoms. The molecule has 12 aromatic rings. The summed E-state index contributed by atoms with van der Waals surface area (Å²) in [6, 6.07) is 88.4.